The first-order chi connectivity index (χ1) is 12.5. The molecule has 2 aromatic carbocycles. The molecule has 7 heteroatoms. The Balaban J connectivity index is 1.76. The molecule has 130 valence electrons. The zero-order valence-electron chi connectivity index (χ0n) is 13.7. The van der Waals surface area contributed by atoms with E-state index in [1.807, 2.05) is 4.90 Å². The van der Waals surface area contributed by atoms with E-state index in [1.165, 1.54) is 6.07 Å². The maximum Gasteiger partial charge on any atom is 0.254 e. The predicted molar refractivity (Wildman–Crippen MR) is 90.3 cm³/mol. The lowest BCUT2D eigenvalue weighted by atomic mass is 10.1. The molecular formula is C19H14F2N4O. The quantitative estimate of drug-likeness (QED) is 0.833. The first kappa shape index (κ1) is 17.4. The van der Waals surface area contributed by atoms with E-state index < -0.39 is 11.6 Å². The van der Waals surface area contributed by atoms with E-state index in [9.17, 15) is 24.1 Å². The number of carbonyl (C=O) groups is 1. The summed E-state index contributed by atoms with van der Waals surface area (Å²) in [6.07, 6.45) is 0. The second-order valence-corrected chi connectivity index (χ2v) is 5.83. The fourth-order valence-electron chi connectivity index (χ4n) is 3.01. The molecule has 0 saturated carbocycles. The van der Waals surface area contributed by atoms with Gasteiger partial charge < -0.3 is 9.80 Å². The number of nitriles is 2. The molecule has 1 saturated heterocycles. The highest BCUT2D eigenvalue weighted by atomic mass is 19.2. The summed E-state index contributed by atoms with van der Waals surface area (Å²) in [5, 5.41) is 18.6. The minimum atomic E-state index is -1.06. The monoisotopic (exact) mass is 352 g/mol. The second kappa shape index (κ2) is 7.20. The molecule has 1 amide bonds. The Morgan fingerprint density at radius 2 is 1.54 bits per heavy atom. The smallest absolute Gasteiger partial charge is 0.254 e. The van der Waals surface area contributed by atoms with Crippen LogP contribution in [0.2, 0.25) is 0 Å². The number of carbonyl (C=O) groups excluding carboxylic acids is 1. The molecule has 1 aliphatic heterocycles. The number of piperazine rings is 1. The van der Waals surface area contributed by atoms with Crippen LogP contribution in [0.1, 0.15) is 21.5 Å². The average molecular weight is 352 g/mol. The summed E-state index contributed by atoms with van der Waals surface area (Å²) in [5.41, 5.74) is 1.47. The van der Waals surface area contributed by atoms with Crippen molar-refractivity contribution in [2.24, 2.45) is 0 Å². The van der Waals surface area contributed by atoms with Gasteiger partial charge in [-0.25, -0.2) is 8.78 Å². The Bertz CT molecular complexity index is 905. The van der Waals surface area contributed by atoms with E-state index in [2.05, 4.69) is 12.1 Å². The first-order valence-electron chi connectivity index (χ1n) is 7.97. The highest BCUT2D eigenvalue weighted by Gasteiger charge is 2.25. The van der Waals surface area contributed by atoms with Crippen molar-refractivity contribution in [2.45, 2.75) is 0 Å². The summed E-state index contributed by atoms with van der Waals surface area (Å²) in [6, 6.07) is 12.2. The first-order valence-corrected chi connectivity index (χ1v) is 7.97. The highest BCUT2D eigenvalue weighted by molar-refractivity contribution is 5.94. The van der Waals surface area contributed by atoms with E-state index >= 15 is 0 Å². The summed E-state index contributed by atoms with van der Waals surface area (Å²) < 4.78 is 26.4. The summed E-state index contributed by atoms with van der Waals surface area (Å²) in [6.45, 7) is 1.57. The summed E-state index contributed by atoms with van der Waals surface area (Å²) in [4.78, 5) is 15.9. The molecule has 0 bridgehead atoms. The SMILES string of the molecule is N#Cc1cccc(C#N)c1N1CCN(C(=O)c2ccc(F)c(F)c2)CC1. The molecule has 1 heterocycles. The third-order valence-corrected chi connectivity index (χ3v) is 4.33. The van der Waals surface area contributed by atoms with Gasteiger partial charge in [-0.3, -0.25) is 4.79 Å². The van der Waals surface area contributed by atoms with Crippen molar-refractivity contribution < 1.29 is 13.6 Å². The van der Waals surface area contributed by atoms with Gasteiger partial charge in [-0.15, -0.1) is 0 Å². The average Bonchev–Trinajstić information content (AvgIpc) is 2.69. The Morgan fingerprint density at radius 3 is 2.08 bits per heavy atom. The number of anilines is 1. The van der Waals surface area contributed by atoms with E-state index in [0.717, 1.165) is 12.1 Å². The Labute approximate surface area is 149 Å². The van der Waals surface area contributed by atoms with Gasteiger partial charge in [0, 0.05) is 31.7 Å². The molecule has 1 fully saturated rings. The Hall–Kier alpha value is -3.45. The van der Waals surface area contributed by atoms with Crippen molar-refractivity contribution >= 4 is 11.6 Å². The third-order valence-electron chi connectivity index (χ3n) is 4.33. The van der Waals surface area contributed by atoms with Crippen LogP contribution in [0.5, 0.6) is 0 Å². The van der Waals surface area contributed by atoms with Crippen LogP contribution in [0.15, 0.2) is 36.4 Å². The number of rotatable bonds is 2. The molecule has 2 aromatic rings. The Morgan fingerprint density at radius 1 is 0.923 bits per heavy atom. The van der Waals surface area contributed by atoms with Crippen molar-refractivity contribution in [3.05, 3.63) is 64.7 Å². The molecule has 3 rings (SSSR count). The summed E-state index contributed by atoms with van der Waals surface area (Å²) in [7, 11) is 0. The molecule has 26 heavy (non-hydrogen) atoms. The lowest BCUT2D eigenvalue weighted by Crippen LogP contribution is -2.49. The lowest BCUT2D eigenvalue weighted by Gasteiger charge is -2.36. The van der Waals surface area contributed by atoms with Crippen LogP contribution < -0.4 is 4.90 Å². The van der Waals surface area contributed by atoms with Gasteiger partial charge in [-0.05, 0) is 30.3 Å². The number of para-hydroxylation sites is 1. The van der Waals surface area contributed by atoms with Crippen molar-refractivity contribution in [1.29, 1.82) is 10.5 Å². The molecule has 0 aliphatic carbocycles. The van der Waals surface area contributed by atoms with E-state index in [-0.39, 0.29) is 11.5 Å². The lowest BCUT2D eigenvalue weighted by molar-refractivity contribution is 0.0746. The maximum absolute atomic E-state index is 13.3. The molecule has 0 unspecified atom stereocenters. The maximum atomic E-state index is 13.3. The number of hydrogen-bond acceptors (Lipinski definition) is 4. The van der Waals surface area contributed by atoms with Gasteiger partial charge in [-0.1, -0.05) is 6.07 Å². The van der Waals surface area contributed by atoms with Gasteiger partial charge in [-0.2, -0.15) is 10.5 Å². The normalized spacial score (nSPS) is 13.8. The number of halogens is 2. The van der Waals surface area contributed by atoms with Gasteiger partial charge in [0.25, 0.3) is 5.91 Å². The molecule has 0 N–H and O–H groups in total. The van der Waals surface area contributed by atoms with E-state index in [1.54, 1.807) is 23.1 Å². The fraction of sp³-hybridized carbons (Fsp3) is 0.211. The summed E-state index contributed by atoms with van der Waals surface area (Å²) >= 11 is 0. The Kier molecular flexibility index (Phi) is 4.81. The van der Waals surface area contributed by atoms with Crippen LogP contribution in [-0.2, 0) is 0 Å². The number of hydrogen-bond donors (Lipinski definition) is 0. The van der Waals surface area contributed by atoms with Crippen molar-refractivity contribution in [2.75, 3.05) is 31.1 Å². The van der Waals surface area contributed by atoms with Gasteiger partial charge in [0.05, 0.1) is 16.8 Å². The van der Waals surface area contributed by atoms with Crippen LogP contribution in [0.3, 0.4) is 0 Å². The summed E-state index contributed by atoms with van der Waals surface area (Å²) in [5.74, 6) is -2.43. The van der Waals surface area contributed by atoms with Gasteiger partial charge in [0.2, 0.25) is 0 Å². The topological polar surface area (TPSA) is 71.1 Å². The fourth-order valence-corrected chi connectivity index (χ4v) is 3.01. The molecule has 1 aliphatic rings. The number of benzene rings is 2. The molecular weight excluding hydrogens is 338 g/mol. The van der Waals surface area contributed by atoms with E-state index in [0.29, 0.717) is 43.0 Å². The van der Waals surface area contributed by atoms with Gasteiger partial charge in [0.15, 0.2) is 11.6 Å². The van der Waals surface area contributed by atoms with Crippen LogP contribution in [-0.4, -0.2) is 37.0 Å². The predicted octanol–water partition coefficient (Wildman–Crippen LogP) is 2.67. The van der Waals surface area contributed by atoms with Crippen LogP contribution in [0.4, 0.5) is 14.5 Å². The third kappa shape index (κ3) is 3.20. The van der Waals surface area contributed by atoms with Gasteiger partial charge >= 0.3 is 0 Å². The van der Waals surface area contributed by atoms with Crippen molar-refractivity contribution in [1.82, 2.24) is 4.90 Å². The molecule has 5 nitrogen and oxygen atoms in total. The zero-order chi connectivity index (χ0) is 18.7. The standard InChI is InChI=1S/C19H14F2N4O/c20-16-5-4-13(10-17(16)21)19(26)25-8-6-24(7-9-25)18-14(11-22)2-1-3-15(18)12-23/h1-5,10H,6-9H2. The van der Waals surface area contributed by atoms with Crippen LogP contribution >= 0.6 is 0 Å². The molecule has 0 radical (unpaired) electrons. The minimum absolute atomic E-state index is 0.0903. The molecule has 0 spiro atoms. The zero-order valence-corrected chi connectivity index (χ0v) is 13.7. The molecule has 0 aromatic heterocycles. The number of amides is 1. The molecule has 0 atom stereocenters. The van der Waals surface area contributed by atoms with Gasteiger partial charge in [0.1, 0.15) is 12.1 Å². The van der Waals surface area contributed by atoms with Crippen molar-refractivity contribution in [3.8, 4) is 12.1 Å². The van der Waals surface area contributed by atoms with Crippen LogP contribution in [0.25, 0.3) is 0 Å². The van der Waals surface area contributed by atoms with Crippen LogP contribution in [0, 0.1) is 34.3 Å². The minimum Gasteiger partial charge on any atom is -0.366 e. The largest absolute Gasteiger partial charge is 0.366 e. The number of nitrogens with zero attached hydrogens (tertiary/aromatic N) is 4. The second-order valence-electron chi connectivity index (χ2n) is 5.83. The highest BCUT2D eigenvalue weighted by Crippen LogP contribution is 2.26. The van der Waals surface area contributed by atoms with E-state index in [4.69, 9.17) is 0 Å². The van der Waals surface area contributed by atoms with Crippen molar-refractivity contribution in [3.63, 3.8) is 0 Å².